The van der Waals surface area contributed by atoms with Crippen LogP contribution >= 0.6 is 0 Å². The van der Waals surface area contributed by atoms with Crippen LogP contribution in [0.2, 0.25) is 0 Å². The molecule has 2 rings (SSSR count). The van der Waals surface area contributed by atoms with Crippen molar-refractivity contribution < 1.29 is 17.9 Å². The van der Waals surface area contributed by atoms with E-state index in [0.717, 1.165) is 0 Å². The molecular weight excluding hydrogens is 194 g/mol. The largest absolute Gasteiger partial charge is 0.450 e. The van der Waals surface area contributed by atoms with Gasteiger partial charge in [-0.05, 0) is 6.92 Å². The van der Waals surface area contributed by atoms with E-state index >= 15 is 0 Å². The summed E-state index contributed by atoms with van der Waals surface area (Å²) in [7, 11) is -2.88. The number of hydrogen-bond donors (Lipinski definition) is 0. The van der Waals surface area contributed by atoms with Gasteiger partial charge in [-0.3, -0.25) is 4.90 Å². The predicted octanol–water partition coefficient (Wildman–Crippen LogP) is -0.376. The van der Waals surface area contributed by atoms with E-state index in [0.29, 0.717) is 6.61 Å². The summed E-state index contributed by atoms with van der Waals surface area (Å²) in [4.78, 5) is 12.6. The molecule has 2 fully saturated rings. The molecule has 6 heteroatoms. The Kier molecular flexibility index (Phi) is 1.76. The van der Waals surface area contributed by atoms with E-state index in [1.165, 1.54) is 4.90 Å². The molecule has 0 saturated carbocycles. The Bertz CT molecular complexity index is 318. The minimum absolute atomic E-state index is 0.107. The van der Waals surface area contributed by atoms with Crippen LogP contribution in [0.1, 0.15) is 6.92 Å². The van der Waals surface area contributed by atoms with Gasteiger partial charge in [0.2, 0.25) is 0 Å². The van der Waals surface area contributed by atoms with E-state index < -0.39 is 9.84 Å². The number of sulfone groups is 1. The maximum atomic E-state index is 11.1. The first-order chi connectivity index (χ1) is 6.05. The van der Waals surface area contributed by atoms with Crippen LogP contribution in [-0.4, -0.2) is 49.6 Å². The molecule has 2 atom stereocenters. The third kappa shape index (κ3) is 1.39. The fourth-order valence-electron chi connectivity index (χ4n) is 1.77. The maximum Gasteiger partial charge on any atom is 0.410 e. The molecular formula is C7H11NO4S. The molecule has 0 aromatic carbocycles. The van der Waals surface area contributed by atoms with Crippen molar-refractivity contribution in [2.45, 2.75) is 19.0 Å². The lowest BCUT2D eigenvalue weighted by Crippen LogP contribution is -2.24. The molecule has 0 aromatic heterocycles. The van der Waals surface area contributed by atoms with Gasteiger partial charge in [-0.15, -0.1) is 0 Å². The highest BCUT2D eigenvalue weighted by Gasteiger charge is 2.60. The molecule has 5 nitrogen and oxygen atoms in total. The normalized spacial score (nSPS) is 34.1. The van der Waals surface area contributed by atoms with Crippen LogP contribution in [0.5, 0.6) is 0 Å². The van der Waals surface area contributed by atoms with Gasteiger partial charge in [0.1, 0.15) is 0 Å². The zero-order chi connectivity index (χ0) is 9.64. The van der Waals surface area contributed by atoms with E-state index in [9.17, 15) is 13.2 Å². The second-order valence-corrected chi connectivity index (χ2v) is 5.47. The Labute approximate surface area is 76.6 Å². The van der Waals surface area contributed by atoms with Crippen LogP contribution in [0.3, 0.4) is 0 Å². The number of ether oxygens (including phenoxy) is 1. The fraction of sp³-hybridized carbons (Fsp3) is 0.857. The topological polar surface area (TPSA) is 63.5 Å². The van der Waals surface area contributed by atoms with Gasteiger partial charge >= 0.3 is 6.09 Å². The zero-order valence-corrected chi connectivity index (χ0v) is 8.08. The Balaban J connectivity index is 1.96. The van der Waals surface area contributed by atoms with Crippen LogP contribution in [0.25, 0.3) is 0 Å². The van der Waals surface area contributed by atoms with Crippen molar-refractivity contribution in [1.82, 2.24) is 4.90 Å². The molecule has 0 spiro atoms. The molecule has 0 bridgehead atoms. The Morgan fingerprint density at radius 1 is 1.46 bits per heavy atom. The molecule has 2 aliphatic rings. The number of carbonyl (C=O) groups excluding carboxylic acids is 1. The van der Waals surface area contributed by atoms with Crippen molar-refractivity contribution in [3.63, 3.8) is 0 Å². The molecule has 2 saturated heterocycles. The van der Waals surface area contributed by atoms with E-state index in [1.807, 2.05) is 0 Å². The van der Waals surface area contributed by atoms with Gasteiger partial charge in [0.25, 0.3) is 0 Å². The number of amides is 1. The predicted molar refractivity (Wildman–Crippen MR) is 45.1 cm³/mol. The van der Waals surface area contributed by atoms with E-state index in [2.05, 4.69) is 0 Å². The van der Waals surface area contributed by atoms with Gasteiger partial charge in [-0.2, -0.15) is 0 Å². The molecule has 2 aliphatic heterocycles. The minimum atomic E-state index is -2.88. The Morgan fingerprint density at radius 2 is 2.00 bits per heavy atom. The van der Waals surface area contributed by atoms with Crippen molar-refractivity contribution in [2.75, 3.05) is 18.1 Å². The number of nitrogens with zero attached hydrogens (tertiary/aromatic N) is 1. The standard InChI is InChI=1S/C7H11NO4S/c1-2-12-7(9)8-5-3-13(10,11)4-6(5)8/h5-6H,2-4H2,1H3. The molecule has 2 unspecified atom stereocenters. The Morgan fingerprint density at radius 3 is 2.46 bits per heavy atom. The lowest BCUT2D eigenvalue weighted by Gasteiger charge is -2.07. The van der Waals surface area contributed by atoms with Crippen molar-refractivity contribution in [3.8, 4) is 0 Å². The molecule has 0 aromatic rings. The van der Waals surface area contributed by atoms with Gasteiger partial charge in [0.05, 0.1) is 30.2 Å². The average molecular weight is 205 g/mol. The molecule has 0 aliphatic carbocycles. The highest BCUT2D eigenvalue weighted by atomic mass is 32.2. The van der Waals surface area contributed by atoms with Crippen LogP contribution in [-0.2, 0) is 14.6 Å². The summed E-state index contributed by atoms with van der Waals surface area (Å²) in [5.41, 5.74) is 0. The van der Waals surface area contributed by atoms with E-state index in [1.54, 1.807) is 6.92 Å². The summed E-state index contributed by atoms with van der Waals surface area (Å²) < 4.78 is 26.8. The molecule has 0 N–H and O–H groups in total. The maximum absolute atomic E-state index is 11.1. The second kappa shape index (κ2) is 2.60. The summed E-state index contributed by atoms with van der Waals surface area (Å²) in [5.74, 6) is 0.215. The fourth-order valence-corrected chi connectivity index (χ4v) is 3.72. The first-order valence-corrected chi connectivity index (χ1v) is 6.03. The van der Waals surface area contributed by atoms with Gasteiger partial charge < -0.3 is 4.74 Å². The van der Waals surface area contributed by atoms with Gasteiger partial charge in [0.15, 0.2) is 9.84 Å². The summed E-state index contributed by atoms with van der Waals surface area (Å²) in [6.07, 6.45) is -0.382. The average Bonchev–Trinajstić information content (AvgIpc) is 2.51. The quantitative estimate of drug-likeness (QED) is 0.548. The number of carbonyl (C=O) groups is 1. The molecule has 2 heterocycles. The molecule has 0 radical (unpaired) electrons. The third-order valence-corrected chi connectivity index (χ3v) is 4.10. The smallest absolute Gasteiger partial charge is 0.410 e. The summed E-state index contributed by atoms with van der Waals surface area (Å²) >= 11 is 0. The highest BCUT2D eigenvalue weighted by Crippen LogP contribution is 2.37. The monoisotopic (exact) mass is 205 g/mol. The number of fused-ring (bicyclic) bond motifs is 1. The summed E-state index contributed by atoms with van der Waals surface area (Å²) in [6, 6.07) is -0.215. The third-order valence-electron chi connectivity index (χ3n) is 2.40. The number of hydrogen-bond acceptors (Lipinski definition) is 4. The minimum Gasteiger partial charge on any atom is -0.450 e. The van der Waals surface area contributed by atoms with Crippen molar-refractivity contribution in [1.29, 1.82) is 0 Å². The SMILES string of the molecule is CCOC(=O)N1C2CS(=O)(=O)CC21. The van der Waals surface area contributed by atoms with Crippen molar-refractivity contribution in [3.05, 3.63) is 0 Å². The van der Waals surface area contributed by atoms with Crippen LogP contribution < -0.4 is 0 Å². The summed E-state index contributed by atoms with van der Waals surface area (Å²) in [6.45, 7) is 2.06. The van der Waals surface area contributed by atoms with Crippen molar-refractivity contribution in [2.24, 2.45) is 0 Å². The lowest BCUT2D eigenvalue weighted by molar-refractivity contribution is 0.133. The van der Waals surface area contributed by atoms with Gasteiger partial charge in [0, 0.05) is 0 Å². The molecule has 13 heavy (non-hydrogen) atoms. The van der Waals surface area contributed by atoms with Gasteiger partial charge in [-0.25, -0.2) is 13.2 Å². The van der Waals surface area contributed by atoms with Gasteiger partial charge in [-0.1, -0.05) is 0 Å². The molecule has 74 valence electrons. The van der Waals surface area contributed by atoms with E-state index in [-0.39, 0.29) is 29.7 Å². The molecule has 1 amide bonds. The second-order valence-electron chi connectivity index (χ2n) is 3.32. The summed E-state index contributed by atoms with van der Waals surface area (Å²) in [5, 5.41) is 0. The number of rotatable bonds is 1. The lowest BCUT2D eigenvalue weighted by atomic mass is 10.4. The van der Waals surface area contributed by atoms with Crippen molar-refractivity contribution >= 4 is 15.9 Å². The Hall–Kier alpha value is -0.780. The van der Waals surface area contributed by atoms with E-state index in [4.69, 9.17) is 4.74 Å². The van der Waals surface area contributed by atoms with Crippen LogP contribution in [0.15, 0.2) is 0 Å². The van der Waals surface area contributed by atoms with Crippen LogP contribution in [0.4, 0.5) is 4.79 Å². The zero-order valence-electron chi connectivity index (χ0n) is 7.26. The van der Waals surface area contributed by atoms with Crippen LogP contribution in [0, 0.1) is 0 Å². The first kappa shape index (κ1) is 8.80. The first-order valence-electron chi connectivity index (χ1n) is 4.20. The highest BCUT2D eigenvalue weighted by molar-refractivity contribution is 7.91.